The van der Waals surface area contributed by atoms with Gasteiger partial charge in [-0.3, -0.25) is 4.79 Å². The molecule has 132 valence electrons. The first-order valence-corrected chi connectivity index (χ1v) is 8.74. The normalized spacial score (nSPS) is 21.6. The first-order chi connectivity index (χ1) is 12.1. The number of hydrogen-bond donors (Lipinski definition) is 0. The second-order valence-corrected chi connectivity index (χ2v) is 6.99. The molecule has 0 unspecified atom stereocenters. The molecule has 2 fully saturated rings. The Morgan fingerprint density at radius 2 is 2.24 bits per heavy atom. The minimum absolute atomic E-state index is 0.0497. The summed E-state index contributed by atoms with van der Waals surface area (Å²) in [6, 6.07) is 7.14. The smallest absolute Gasteiger partial charge is 0.276 e. The number of fused-ring (bicyclic) bond motifs is 2. The molecule has 25 heavy (non-hydrogen) atoms. The second kappa shape index (κ2) is 6.59. The highest BCUT2D eigenvalue weighted by atomic mass is 35.5. The Balaban J connectivity index is 1.41. The van der Waals surface area contributed by atoms with Gasteiger partial charge in [0.25, 0.3) is 5.91 Å². The molecular formula is C18H19ClN2O4. The molecule has 1 aliphatic heterocycles. The number of rotatable bonds is 5. The second-order valence-electron chi connectivity index (χ2n) is 6.55. The molecule has 2 atom stereocenters. The van der Waals surface area contributed by atoms with Crippen LogP contribution in [0.1, 0.15) is 35.5 Å². The summed E-state index contributed by atoms with van der Waals surface area (Å²) in [5.41, 5.74) is 0.342. The van der Waals surface area contributed by atoms with Crippen LogP contribution in [0.25, 0.3) is 0 Å². The Kier molecular flexibility index (Phi) is 4.29. The van der Waals surface area contributed by atoms with Gasteiger partial charge in [0.05, 0.1) is 7.11 Å². The van der Waals surface area contributed by atoms with Crippen molar-refractivity contribution in [2.45, 2.75) is 31.9 Å². The van der Waals surface area contributed by atoms with Crippen molar-refractivity contribution in [2.24, 2.45) is 5.92 Å². The molecule has 1 amide bonds. The van der Waals surface area contributed by atoms with Crippen LogP contribution in [-0.4, -0.2) is 35.7 Å². The highest BCUT2D eigenvalue weighted by molar-refractivity contribution is 6.30. The third-order valence-electron chi connectivity index (χ3n) is 4.94. The van der Waals surface area contributed by atoms with E-state index in [4.69, 9.17) is 25.6 Å². The minimum Gasteiger partial charge on any atom is -0.493 e. The maximum absolute atomic E-state index is 12.6. The number of likely N-dealkylation sites (tertiary alicyclic amines) is 1. The van der Waals surface area contributed by atoms with E-state index in [2.05, 4.69) is 5.16 Å². The molecule has 2 aliphatic rings. The number of amides is 1. The van der Waals surface area contributed by atoms with E-state index in [1.54, 1.807) is 31.4 Å². The predicted octanol–water partition coefficient (Wildman–Crippen LogP) is 3.54. The van der Waals surface area contributed by atoms with E-state index in [-0.39, 0.29) is 12.5 Å². The Bertz CT molecular complexity index is 791. The van der Waals surface area contributed by atoms with Gasteiger partial charge in [-0.1, -0.05) is 16.8 Å². The Morgan fingerprint density at radius 1 is 1.36 bits per heavy atom. The first-order valence-electron chi connectivity index (χ1n) is 8.37. The van der Waals surface area contributed by atoms with Gasteiger partial charge in [0.1, 0.15) is 6.61 Å². The topological polar surface area (TPSA) is 64.8 Å². The van der Waals surface area contributed by atoms with Crippen LogP contribution in [0.3, 0.4) is 0 Å². The van der Waals surface area contributed by atoms with Crippen LogP contribution in [-0.2, 0) is 6.61 Å². The van der Waals surface area contributed by atoms with Crippen molar-refractivity contribution in [2.75, 3.05) is 13.7 Å². The van der Waals surface area contributed by atoms with Crippen molar-refractivity contribution in [3.63, 3.8) is 0 Å². The molecule has 7 heteroatoms. The van der Waals surface area contributed by atoms with Crippen molar-refractivity contribution in [1.82, 2.24) is 10.1 Å². The van der Waals surface area contributed by atoms with Crippen molar-refractivity contribution >= 4 is 17.5 Å². The number of benzene rings is 1. The summed E-state index contributed by atoms with van der Waals surface area (Å²) in [6.07, 6.45) is 3.45. The number of carbonyl (C=O) groups is 1. The Morgan fingerprint density at radius 3 is 2.96 bits per heavy atom. The fourth-order valence-corrected chi connectivity index (χ4v) is 3.87. The van der Waals surface area contributed by atoms with E-state index < -0.39 is 0 Å². The first kappa shape index (κ1) is 16.3. The summed E-state index contributed by atoms with van der Waals surface area (Å²) in [5.74, 6) is 2.18. The number of aromatic nitrogens is 1. The summed E-state index contributed by atoms with van der Waals surface area (Å²) in [6.45, 7) is 0.995. The fourth-order valence-electron chi connectivity index (χ4n) is 3.71. The lowest BCUT2D eigenvalue weighted by Gasteiger charge is -2.25. The van der Waals surface area contributed by atoms with Crippen molar-refractivity contribution in [3.8, 4) is 11.5 Å². The van der Waals surface area contributed by atoms with Crippen LogP contribution in [0, 0.1) is 5.92 Å². The van der Waals surface area contributed by atoms with Crippen molar-refractivity contribution < 1.29 is 18.8 Å². The molecule has 2 heterocycles. The van der Waals surface area contributed by atoms with Gasteiger partial charge in [-0.25, -0.2) is 0 Å². The van der Waals surface area contributed by atoms with Gasteiger partial charge >= 0.3 is 0 Å². The number of halogens is 1. The van der Waals surface area contributed by atoms with Crippen LogP contribution in [0.15, 0.2) is 28.8 Å². The van der Waals surface area contributed by atoms with Gasteiger partial charge in [0.2, 0.25) is 0 Å². The largest absolute Gasteiger partial charge is 0.493 e. The number of ether oxygens (including phenoxy) is 2. The molecule has 0 N–H and O–H groups in total. The summed E-state index contributed by atoms with van der Waals surface area (Å²) in [4.78, 5) is 14.5. The molecule has 4 rings (SSSR count). The molecular weight excluding hydrogens is 344 g/mol. The van der Waals surface area contributed by atoms with Gasteiger partial charge in [-0.2, -0.15) is 0 Å². The number of nitrogens with zero attached hydrogens (tertiary/aromatic N) is 2. The number of piperidine rings is 1. The standard InChI is InChI=1S/C18H19ClN2O4/c1-23-17-7-12(19)3-5-16(17)24-10-14-8-15(20-25-14)18(22)21-9-11-2-4-13(21)6-11/h3,5,7-8,11,13H,2,4,6,9-10H2,1H3/t11-,13-/m0/s1. The van der Waals surface area contributed by atoms with E-state index in [0.29, 0.717) is 39.9 Å². The molecule has 1 saturated carbocycles. The van der Waals surface area contributed by atoms with Crippen molar-refractivity contribution in [1.29, 1.82) is 0 Å². The van der Waals surface area contributed by atoms with Crippen molar-refractivity contribution in [3.05, 3.63) is 40.7 Å². The summed E-state index contributed by atoms with van der Waals surface area (Å²) < 4.78 is 16.2. The molecule has 2 aromatic rings. The molecule has 0 spiro atoms. The number of carbonyl (C=O) groups excluding carboxylic acids is 1. The van der Waals surface area contributed by atoms with Gasteiger partial charge in [-0.15, -0.1) is 0 Å². The van der Waals surface area contributed by atoms with Crippen LogP contribution in [0.2, 0.25) is 5.02 Å². The van der Waals surface area contributed by atoms with E-state index in [1.165, 1.54) is 6.42 Å². The number of methoxy groups -OCH3 is 1. The molecule has 1 aromatic carbocycles. The summed E-state index contributed by atoms with van der Waals surface area (Å²) >= 11 is 5.93. The van der Waals surface area contributed by atoms with Gasteiger partial charge in [-0.05, 0) is 37.3 Å². The molecule has 1 aliphatic carbocycles. The molecule has 1 aromatic heterocycles. The quantitative estimate of drug-likeness (QED) is 0.814. The van der Waals surface area contributed by atoms with E-state index in [1.807, 2.05) is 4.90 Å². The summed E-state index contributed by atoms with van der Waals surface area (Å²) in [7, 11) is 1.55. The van der Waals surface area contributed by atoms with Crippen LogP contribution in [0.5, 0.6) is 11.5 Å². The average molecular weight is 363 g/mol. The maximum Gasteiger partial charge on any atom is 0.276 e. The lowest BCUT2D eigenvalue weighted by Crippen LogP contribution is -2.37. The molecule has 1 saturated heterocycles. The van der Waals surface area contributed by atoms with E-state index in [9.17, 15) is 4.79 Å². The Hall–Kier alpha value is -2.21. The fraction of sp³-hybridized carbons (Fsp3) is 0.444. The lowest BCUT2D eigenvalue weighted by atomic mass is 10.1. The zero-order valence-electron chi connectivity index (χ0n) is 13.9. The maximum atomic E-state index is 12.6. The summed E-state index contributed by atoms with van der Waals surface area (Å²) in [5, 5.41) is 4.48. The van der Waals surface area contributed by atoms with Gasteiger partial charge in [0, 0.05) is 29.7 Å². The SMILES string of the molecule is COc1cc(Cl)ccc1OCc1cc(C(=O)N2C[C@H]3CC[C@H]2C3)no1. The highest BCUT2D eigenvalue weighted by Crippen LogP contribution is 2.38. The third kappa shape index (κ3) is 3.18. The number of hydrogen-bond acceptors (Lipinski definition) is 5. The minimum atomic E-state index is -0.0497. The average Bonchev–Trinajstić information content (AvgIpc) is 3.36. The molecule has 6 nitrogen and oxygen atoms in total. The predicted molar refractivity (Wildman–Crippen MR) is 91.0 cm³/mol. The van der Waals surface area contributed by atoms with Gasteiger partial charge in [0.15, 0.2) is 23.0 Å². The zero-order valence-corrected chi connectivity index (χ0v) is 14.7. The zero-order chi connectivity index (χ0) is 17.4. The van der Waals surface area contributed by atoms with E-state index >= 15 is 0 Å². The molecule has 2 bridgehead atoms. The van der Waals surface area contributed by atoms with Crippen LogP contribution in [0.4, 0.5) is 0 Å². The Labute approximate surface area is 150 Å². The highest BCUT2D eigenvalue weighted by Gasteiger charge is 2.41. The molecule has 0 radical (unpaired) electrons. The third-order valence-corrected chi connectivity index (χ3v) is 5.18. The van der Waals surface area contributed by atoms with Gasteiger partial charge < -0.3 is 18.9 Å². The van der Waals surface area contributed by atoms with Crippen LogP contribution < -0.4 is 9.47 Å². The van der Waals surface area contributed by atoms with Crippen LogP contribution >= 0.6 is 11.6 Å². The monoisotopic (exact) mass is 362 g/mol. The lowest BCUT2D eigenvalue weighted by molar-refractivity contribution is 0.0693. The van der Waals surface area contributed by atoms with E-state index in [0.717, 1.165) is 19.4 Å².